The molecule has 0 fully saturated rings. The largest absolute Gasteiger partial charge is 0.271 e. The molecule has 1 atom stereocenters. The van der Waals surface area contributed by atoms with E-state index in [0.29, 0.717) is 0 Å². The zero-order valence-electron chi connectivity index (χ0n) is 11.0. The van der Waals surface area contributed by atoms with E-state index in [-0.39, 0.29) is 18.0 Å². The predicted molar refractivity (Wildman–Crippen MR) is 84.0 cm³/mol. The van der Waals surface area contributed by atoms with Crippen molar-refractivity contribution in [1.29, 1.82) is 0 Å². The highest BCUT2D eigenvalue weighted by Gasteiger charge is 2.18. The maximum atomic E-state index is 13.7. The average molecular weight is 388 g/mol. The molecule has 0 saturated carbocycles. The van der Waals surface area contributed by atoms with Crippen molar-refractivity contribution in [3.05, 3.63) is 68.3 Å². The third-order valence-electron chi connectivity index (χ3n) is 3.27. The van der Waals surface area contributed by atoms with Gasteiger partial charge in [0.15, 0.2) is 0 Å². The fourth-order valence-electron chi connectivity index (χ4n) is 2.13. The normalized spacial score (nSPS) is 12.4. The third kappa shape index (κ3) is 3.16. The Morgan fingerprint density at radius 3 is 2.35 bits per heavy atom. The van der Waals surface area contributed by atoms with Gasteiger partial charge in [0.25, 0.3) is 0 Å². The Balaban J connectivity index is 2.37. The first-order chi connectivity index (χ1) is 9.54. The number of nitrogens with one attached hydrogen (secondary N) is 1. The Kier molecular flexibility index (Phi) is 5.06. The molecular formula is C15H15F2IN2. The van der Waals surface area contributed by atoms with E-state index in [1.807, 2.05) is 25.1 Å². The van der Waals surface area contributed by atoms with E-state index in [1.165, 1.54) is 18.2 Å². The van der Waals surface area contributed by atoms with Crippen molar-refractivity contribution in [3.63, 3.8) is 0 Å². The molecule has 2 aromatic rings. The van der Waals surface area contributed by atoms with Crippen molar-refractivity contribution in [3.8, 4) is 0 Å². The molecule has 0 aliphatic carbocycles. The van der Waals surface area contributed by atoms with E-state index in [1.54, 1.807) is 0 Å². The van der Waals surface area contributed by atoms with Gasteiger partial charge in [-0.3, -0.25) is 11.3 Å². The number of rotatable bonds is 4. The molecule has 0 bridgehead atoms. The van der Waals surface area contributed by atoms with Gasteiger partial charge in [-0.25, -0.2) is 8.78 Å². The second-order valence-corrected chi connectivity index (χ2v) is 5.68. The summed E-state index contributed by atoms with van der Waals surface area (Å²) in [7, 11) is 0. The molecule has 2 nitrogen and oxygen atoms in total. The number of nitrogens with two attached hydrogens (primary N) is 1. The van der Waals surface area contributed by atoms with Crippen molar-refractivity contribution in [2.75, 3.05) is 0 Å². The smallest absolute Gasteiger partial charge is 0.129 e. The van der Waals surface area contributed by atoms with Gasteiger partial charge in [0.05, 0.1) is 6.04 Å². The Labute approximate surface area is 130 Å². The molecule has 3 N–H and O–H groups in total. The number of hydrogen-bond donors (Lipinski definition) is 2. The van der Waals surface area contributed by atoms with E-state index in [9.17, 15) is 8.78 Å². The molecule has 0 aromatic heterocycles. The van der Waals surface area contributed by atoms with Gasteiger partial charge in [-0.05, 0) is 59.2 Å². The highest BCUT2D eigenvalue weighted by Crippen LogP contribution is 2.27. The van der Waals surface area contributed by atoms with Crippen LogP contribution in [0.3, 0.4) is 0 Å². The summed E-state index contributed by atoms with van der Waals surface area (Å²) < 4.78 is 28.5. The summed E-state index contributed by atoms with van der Waals surface area (Å²) in [4.78, 5) is 0. The summed E-state index contributed by atoms with van der Waals surface area (Å²) in [6, 6.07) is 9.35. The highest BCUT2D eigenvalue weighted by atomic mass is 127. The minimum Gasteiger partial charge on any atom is -0.271 e. The van der Waals surface area contributed by atoms with Crippen molar-refractivity contribution >= 4 is 22.6 Å². The van der Waals surface area contributed by atoms with Crippen LogP contribution in [0.15, 0.2) is 36.4 Å². The van der Waals surface area contributed by atoms with Crippen LogP contribution in [0.25, 0.3) is 0 Å². The van der Waals surface area contributed by atoms with Crippen LogP contribution < -0.4 is 11.3 Å². The summed E-state index contributed by atoms with van der Waals surface area (Å²) in [5.74, 6) is 4.48. The summed E-state index contributed by atoms with van der Waals surface area (Å²) in [5.41, 5.74) is 4.75. The lowest BCUT2D eigenvalue weighted by atomic mass is 9.97. The number of hydrogen-bond acceptors (Lipinski definition) is 2. The summed E-state index contributed by atoms with van der Waals surface area (Å²) >= 11 is 2.22. The maximum Gasteiger partial charge on any atom is 0.129 e. The van der Waals surface area contributed by atoms with Gasteiger partial charge < -0.3 is 0 Å². The summed E-state index contributed by atoms with van der Waals surface area (Å²) in [6.07, 6.45) is 0.161. The first-order valence-corrected chi connectivity index (χ1v) is 7.26. The number of hydrazine groups is 1. The molecule has 5 heteroatoms. The van der Waals surface area contributed by atoms with Crippen LogP contribution in [0.5, 0.6) is 0 Å². The SMILES string of the molecule is Cc1cccc(C(Cc2c(F)cccc2F)NN)c1I. The molecule has 0 spiro atoms. The van der Waals surface area contributed by atoms with Crippen LogP contribution in [0.4, 0.5) is 8.78 Å². The fraction of sp³-hybridized carbons (Fsp3) is 0.200. The van der Waals surface area contributed by atoms with Crippen molar-refractivity contribution in [2.45, 2.75) is 19.4 Å². The Bertz CT molecular complexity index is 597. The standard InChI is InChI=1S/C15H15F2IN2/c1-9-4-2-5-10(15(9)18)14(20-19)8-11-12(16)6-3-7-13(11)17/h2-7,14,20H,8,19H2,1H3. The second kappa shape index (κ2) is 6.60. The van der Waals surface area contributed by atoms with Crippen LogP contribution in [0.2, 0.25) is 0 Å². The molecule has 0 heterocycles. The van der Waals surface area contributed by atoms with Crippen molar-refractivity contribution < 1.29 is 8.78 Å². The molecule has 20 heavy (non-hydrogen) atoms. The number of benzene rings is 2. The predicted octanol–water partition coefficient (Wildman–Crippen LogP) is 3.62. The van der Waals surface area contributed by atoms with Crippen LogP contribution in [0, 0.1) is 22.1 Å². The molecule has 0 amide bonds. The molecule has 106 valence electrons. The van der Waals surface area contributed by atoms with Gasteiger partial charge in [-0.1, -0.05) is 24.3 Å². The van der Waals surface area contributed by atoms with Crippen molar-refractivity contribution in [1.82, 2.24) is 5.43 Å². The van der Waals surface area contributed by atoms with Crippen LogP contribution in [0.1, 0.15) is 22.7 Å². The second-order valence-electron chi connectivity index (χ2n) is 4.60. The minimum absolute atomic E-state index is 0.0488. The summed E-state index contributed by atoms with van der Waals surface area (Å²) in [5, 5.41) is 0. The van der Waals surface area contributed by atoms with E-state index < -0.39 is 11.6 Å². The monoisotopic (exact) mass is 388 g/mol. The van der Waals surface area contributed by atoms with Gasteiger partial charge in [0.1, 0.15) is 11.6 Å². The first-order valence-electron chi connectivity index (χ1n) is 6.18. The van der Waals surface area contributed by atoms with E-state index in [2.05, 4.69) is 28.0 Å². The number of halogens is 3. The average Bonchev–Trinajstić information content (AvgIpc) is 2.42. The van der Waals surface area contributed by atoms with Gasteiger partial charge in [0, 0.05) is 9.13 Å². The zero-order valence-corrected chi connectivity index (χ0v) is 13.1. The third-order valence-corrected chi connectivity index (χ3v) is 4.74. The molecule has 0 saturated heterocycles. The van der Waals surface area contributed by atoms with Gasteiger partial charge in [0.2, 0.25) is 0 Å². The minimum atomic E-state index is -0.548. The van der Waals surface area contributed by atoms with Gasteiger partial charge in [-0.2, -0.15) is 0 Å². The molecule has 2 rings (SSSR count). The zero-order chi connectivity index (χ0) is 14.7. The van der Waals surface area contributed by atoms with Gasteiger partial charge >= 0.3 is 0 Å². The van der Waals surface area contributed by atoms with Crippen molar-refractivity contribution in [2.24, 2.45) is 5.84 Å². The van der Waals surface area contributed by atoms with E-state index >= 15 is 0 Å². The van der Waals surface area contributed by atoms with E-state index in [0.717, 1.165) is 14.7 Å². The molecule has 1 unspecified atom stereocenters. The highest BCUT2D eigenvalue weighted by molar-refractivity contribution is 14.1. The molecule has 0 radical (unpaired) electrons. The lowest BCUT2D eigenvalue weighted by Gasteiger charge is -2.19. The molecular weight excluding hydrogens is 373 g/mol. The Morgan fingerprint density at radius 2 is 1.75 bits per heavy atom. The molecule has 0 aliphatic rings. The van der Waals surface area contributed by atoms with Gasteiger partial charge in [-0.15, -0.1) is 0 Å². The maximum absolute atomic E-state index is 13.7. The van der Waals surface area contributed by atoms with Crippen LogP contribution >= 0.6 is 22.6 Å². The summed E-state index contributed by atoms with van der Waals surface area (Å²) in [6.45, 7) is 1.99. The topological polar surface area (TPSA) is 38.0 Å². The quantitative estimate of drug-likeness (QED) is 0.477. The Morgan fingerprint density at radius 1 is 1.15 bits per heavy atom. The lowest BCUT2D eigenvalue weighted by molar-refractivity contribution is 0.498. The lowest BCUT2D eigenvalue weighted by Crippen LogP contribution is -2.30. The molecule has 2 aromatic carbocycles. The van der Waals surface area contributed by atoms with E-state index in [4.69, 9.17) is 5.84 Å². The van der Waals surface area contributed by atoms with Crippen LogP contribution in [-0.4, -0.2) is 0 Å². The molecule has 0 aliphatic heterocycles. The first kappa shape index (κ1) is 15.3. The Hall–Kier alpha value is -1.05. The number of aryl methyl sites for hydroxylation is 1. The fourth-order valence-corrected chi connectivity index (χ4v) is 2.86. The van der Waals surface area contributed by atoms with Crippen LogP contribution in [-0.2, 0) is 6.42 Å².